The minimum Gasteiger partial charge on any atom is -0.373 e. The number of alkyl halides is 1. The number of benzene rings is 2. The van der Waals surface area contributed by atoms with E-state index in [9.17, 15) is 0 Å². The maximum Gasteiger partial charge on any atom is 0.0878 e. The molecule has 2 aromatic carbocycles. The molecule has 3 atom stereocenters. The van der Waals surface area contributed by atoms with Crippen molar-refractivity contribution in [2.24, 2.45) is 5.92 Å². The van der Waals surface area contributed by atoms with Gasteiger partial charge in [-0.2, -0.15) is 0 Å². The van der Waals surface area contributed by atoms with E-state index >= 15 is 0 Å². The molecule has 2 aromatic rings. The lowest BCUT2D eigenvalue weighted by Crippen LogP contribution is -2.13. The zero-order valence-corrected chi connectivity index (χ0v) is 14.2. The monoisotopic (exact) mass is 394 g/mol. The lowest BCUT2D eigenvalue weighted by molar-refractivity contribution is 0.0899. The summed E-state index contributed by atoms with van der Waals surface area (Å²) in [4.78, 5) is 0.323. The van der Waals surface area contributed by atoms with Crippen molar-refractivity contribution in [3.05, 3.63) is 70.2 Å². The van der Waals surface area contributed by atoms with Crippen molar-refractivity contribution < 1.29 is 4.74 Å². The van der Waals surface area contributed by atoms with Crippen molar-refractivity contribution in [1.82, 2.24) is 0 Å². The van der Waals surface area contributed by atoms with Crippen LogP contribution in [-0.2, 0) is 4.74 Å². The third-order valence-electron chi connectivity index (χ3n) is 3.84. The zero-order valence-electron chi connectivity index (χ0n) is 11.0. The van der Waals surface area contributed by atoms with Crippen LogP contribution in [0.2, 0.25) is 0 Å². The number of hydrogen-bond acceptors (Lipinski definition) is 1. The quantitative estimate of drug-likeness (QED) is 0.609. The van der Waals surface area contributed by atoms with Gasteiger partial charge < -0.3 is 4.74 Å². The summed E-state index contributed by atoms with van der Waals surface area (Å²) >= 11 is 7.52. The van der Waals surface area contributed by atoms with E-state index < -0.39 is 0 Å². The number of halogens is 2. The topological polar surface area (TPSA) is 9.23 Å². The lowest BCUT2D eigenvalue weighted by atomic mass is 9.89. The highest BCUT2D eigenvalue weighted by Crippen LogP contribution is 2.47. The molecule has 3 rings (SSSR count). The fourth-order valence-corrected chi connectivity index (χ4v) is 4.17. The highest BCUT2D eigenvalue weighted by atomic mass is 79.9. The van der Waals surface area contributed by atoms with Gasteiger partial charge in [-0.3, -0.25) is 0 Å². The van der Waals surface area contributed by atoms with Crippen LogP contribution < -0.4 is 0 Å². The van der Waals surface area contributed by atoms with Gasteiger partial charge in [-0.25, -0.2) is 0 Å². The van der Waals surface area contributed by atoms with Crippen molar-refractivity contribution in [2.45, 2.75) is 17.4 Å². The largest absolute Gasteiger partial charge is 0.373 e. The molecule has 1 saturated heterocycles. The van der Waals surface area contributed by atoms with Gasteiger partial charge in [0.2, 0.25) is 0 Å². The average molecular weight is 396 g/mol. The predicted octanol–water partition coefficient (Wildman–Crippen LogP) is 5.66. The third-order valence-corrected chi connectivity index (χ3v) is 5.77. The molecule has 0 spiro atoms. The van der Waals surface area contributed by atoms with E-state index in [0.717, 1.165) is 17.5 Å². The molecular weight excluding hydrogens is 380 g/mol. The van der Waals surface area contributed by atoms with Crippen molar-refractivity contribution in [1.29, 1.82) is 0 Å². The molecule has 3 heteroatoms. The molecule has 0 radical (unpaired) electrons. The molecule has 104 valence electrons. The van der Waals surface area contributed by atoms with Crippen LogP contribution in [0.15, 0.2) is 59.1 Å². The molecule has 0 aromatic heterocycles. The Bertz CT molecular complexity index is 570. The van der Waals surface area contributed by atoms with Crippen LogP contribution in [0, 0.1) is 5.92 Å². The van der Waals surface area contributed by atoms with E-state index in [1.165, 1.54) is 11.1 Å². The van der Waals surface area contributed by atoms with Crippen molar-refractivity contribution in [3.8, 4) is 0 Å². The Labute approximate surface area is 136 Å². The van der Waals surface area contributed by atoms with Crippen LogP contribution in [-0.4, -0.2) is 6.61 Å². The van der Waals surface area contributed by atoms with E-state index in [1.807, 2.05) is 6.07 Å². The Kier molecular flexibility index (Phi) is 4.59. The summed E-state index contributed by atoms with van der Waals surface area (Å²) in [5, 5.41) is 0. The van der Waals surface area contributed by atoms with Gasteiger partial charge in [-0.1, -0.05) is 80.4 Å². The van der Waals surface area contributed by atoms with Gasteiger partial charge >= 0.3 is 0 Å². The molecule has 0 amide bonds. The summed E-state index contributed by atoms with van der Waals surface area (Å²) in [6, 6.07) is 18.9. The highest BCUT2D eigenvalue weighted by Gasteiger charge is 2.36. The first-order chi connectivity index (χ1) is 9.77. The van der Waals surface area contributed by atoms with Crippen LogP contribution in [0.1, 0.15) is 28.5 Å². The van der Waals surface area contributed by atoms with E-state index in [-0.39, 0.29) is 6.10 Å². The summed E-state index contributed by atoms with van der Waals surface area (Å²) in [5.41, 5.74) is 2.57. The van der Waals surface area contributed by atoms with Gasteiger partial charge in [0.15, 0.2) is 0 Å². The van der Waals surface area contributed by atoms with E-state index in [0.29, 0.717) is 10.7 Å². The fourth-order valence-electron chi connectivity index (χ4n) is 2.82. The van der Waals surface area contributed by atoms with Crippen LogP contribution in [0.5, 0.6) is 0 Å². The first-order valence-corrected chi connectivity index (χ1v) is 8.53. The number of ether oxygens (including phenoxy) is 1. The van der Waals surface area contributed by atoms with Gasteiger partial charge in [-0.05, 0) is 23.6 Å². The highest BCUT2D eigenvalue weighted by molar-refractivity contribution is 9.10. The Morgan fingerprint density at radius 1 is 1.00 bits per heavy atom. The molecule has 1 heterocycles. The first kappa shape index (κ1) is 14.3. The van der Waals surface area contributed by atoms with Crippen LogP contribution >= 0.6 is 31.9 Å². The molecule has 20 heavy (non-hydrogen) atoms. The molecule has 1 nitrogen and oxygen atoms in total. The summed E-state index contributed by atoms with van der Waals surface area (Å²) < 4.78 is 7.14. The maximum atomic E-state index is 6.02. The van der Waals surface area contributed by atoms with E-state index in [1.54, 1.807) is 0 Å². The smallest absolute Gasteiger partial charge is 0.0878 e. The van der Waals surface area contributed by atoms with Crippen molar-refractivity contribution >= 4 is 31.9 Å². The number of rotatable bonds is 3. The first-order valence-electron chi connectivity index (χ1n) is 6.82. The summed E-state index contributed by atoms with van der Waals surface area (Å²) in [6.07, 6.45) is 1.23. The fraction of sp³-hybridized carbons (Fsp3) is 0.294. The van der Waals surface area contributed by atoms with Gasteiger partial charge in [0, 0.05) is 21.8 Å². The molecular formula is C17H16Br2O. The van der Waals surface area contributed by atoms with Crippen molar-refractivity contribution in [2.75, 3.05) is 6.61 Å². The Morgan fingerprint density at radius 3 is 2.45 bits per heavy atom. The van der Waals surface area contributed by atoms with Crippen LogP contribution in [0.3, 0.4) is 0 Å². The number of hydrogen-bond donors (Lipinski definition) is 0. The molecule has 0 bridgehead atoms. The molecule has 1 aliphatic rings. The molecule has 0 aliphatic carbocycles. The molecule has 0 saturated carbocycles. The van der Waals surface area contributed by atoms with Gasteiger partial charge in [0.05, 0.1) is 6.10 Å². The third kappa shape index (κ3) is 2.85. The van der Waals surface area contributed by atoms with Crippen LogP contribution in [0.4, 0.5) is 0 Å². The van der Waals surface area contributed by atoms with Gasteiger partial charge in [-0.15, -0.1) is 0 Å². The summed E-state index contributed by atoms with van der Waals surface area (Å²) in [6.45, 7) is 0.825. The Morgan fingerprint density at radius 2 is 1.70 bits per heavy atom. The minimum absolute atomic E-state index is 0.148. The Hall–Kier alpha value is -0.640. The predicted molar refractivity (Wildman–Crippen MR) is 89.1 cm³/mol. The minimum atomic E-state index is 0.148. The Balaban J connectivity index is 1.88. The molecule has 1 aliphatic heterocycles. The van der Waals surface area contributed by atoms with Gasteiger partial charge in [0.25, 0.3) is 0 Å². The second kappa shape index (κ2) is 6.42. The molecule has 0 unspecified atom stereocenters. The molecule has 0 N–H and O–H groups in total. The van der Waals surface area contributed by atoms with Crippen LogP contribution in [0.25, 0.3) is 0 Å². The SMILES string of the molecule is Brc1ccccc1[C@@H]1OCC[C@@H]1[C@@H](Br)c1ccccc1. The summed E-state index contributed by atoms with van der Waals surface area (Å²) in [5.74, 6) is 0.455. The van der Waals surface area contributed by atoms with E-state index in [4.69, 9.17) is 4.74 Å². The second-order valence-electron chi connectivity index (χ2n) is 5.08. The normalized spacial score (nSPS) is 23.7. The standard InChI is InChI=1S/C17H16Br2O/c18-15-9-5-4-8-13(15)17-14(10-11-20-17)16(19)12-6-2-1-3-7-12/h1-9,14,16-17H,10-11H2/t14-,16+,17+/m1/s1. The second-order valence-corrected chi connectivity index (χ2v) is 6.92. The van der Waals surface area contributed by atoms with Crippen molar-refractivity contribution in [3.63, 3.8) is 0 Å². The summed E-state index contributed by atoms with van der Waals surface area (Å²) in [7, 11) is 0. The van der Waals surface area contributed by atoms with Gasteiger partial charge in [0.1, 0.15) is 0 Å². The zero-order chi connectivity index (χ0) is 13.9. The van der Waals surface area contributed by atoms with E-state index in [2.05, 4.69) is 80.4 Å². The lowest BCUT2D eigenvalue weighted by Gasteiger charge is -2.24. The maximum absolute atomic E-state index is 6.02. The average Bonchev–Trinajstić information content (AvgIpc) is 2.97. The molecule has 1 fully saturated rings.